The Morgan fingerprint density at radius 1 is 0.963 bits per heavy atom. The van der Waals surface area contributed by atoms with Crippen LogP contribution in [0.5, 0.6) is 0 Å². The summed E-state index contributed by atoms with van der Waals surface area (Å²) in [5, 5.41) is 3.46. The smallest absolute Gasteiger partial charge is 0.234 e. The maximum absolute atomic E-state index is 14.0. The Morgan fingerprint density at radius 3 is 2.44 bits per heavy atom. The van der Waals surface area contributed by atoms with Crippen molar-refractivity contribution in [3.05, 3.63) is 95.3 Å². The van der Waals surface area contributed by atoms with E-state index < -0.39 is 11.7 Å². The highest BCUT2D eigenvalue weighted by Gasteiger charge is 2.25. The van der Waals surface area contributed by atoms with Crippen molar-refractivity contribution in [3.8, 4) is 0 Å². The summed E-state index contributed by atoms with van der Waals surface area (Å²) >= 11 is 1.50. The number of amides is 1. The van der Waals surface area contributed by atoms with Crippen LogP contribution in [0.4, 0.5) is 10.1 Å². The molecule has 0 spiro atoms. The minimum Gasteiger partial charge on any atom is -0.323 e. The third-order valence-corrected chi connectivity index (χ3v) is 5.49. The molecule has 4 aromatic rings. The number of thiazole rings is 1. The summed E-state index contributed by atoms with van der Waals surface area (Å²) in [4.78, 5) is 17.7. The number of nitrogens with zero attached hydrogens (tertiary/aromatic N) is 1. The van der Waals surface area contributed by atoms with E-state index in [4.69, 9.17) is 0 Å². The second kappa shape index (κ2) is 7.68. The van der Waals surface area contributed by atoms with Crippen molar-refractivity contribution in [1.82, 2.24) is 4.98 Å². The lowest BCUT2D eigenvalue weighted by Gasteiger charge is -2.15. The molecule has 0 unspecified atom stereocenters. The van der Waals surface area contributed by atoms with E-state index in [1.807, 2.05) is 54.6 Å². The van der Waals surface area contributed by atoms with Gasteiger partial charge in [-0.05, 0) is 36.2 Å². The highest BCUT2D eigenvalue weighted by Crippen LogP contribution is 2.31. The predicted molar refractivity (Wildman–Crippen MR) is 108 cm³/mol. The summed E-state index contributed by atoms with van der Waals surface area (Å²) in [6, 6.07) is 23.8. The van der Waals surface area contributed by atoms with E-state index in [1.165, 1.54) is 17.4 Å². The van der Waals surface area contributed by atoms with Crippen LogP contribution in [-0.2, 0) is 11.2 Å². The number of fused-ring (bicyclic) bond motifs is 1. The maximum atomic E-state index is 14.0. The molecular weight excluding hydrogens is 359 g/mol. The first-order chi connectivity index (χ1) is 13.2. The normalized spacial score (nSPS) is 12.0. The molecule has 1 aromatic heterocycles. The third-order valence-electron chi connectivity index (χ3n) is 4.34. The van der Waals surface area contributed by atoms with Crippen molar-refractivity contribution in [1.29, 1.82) is 0 Å². The number of aromatic nitrogens is 1. The summed E-state index contributed by atoms with van der Waals surface area (Å²) < 4.78 is 15.0. The van der Waals surface area contributed by atoms with Gasteiger partial charge in [0.1, 0.15) is 10.8 Å². The van der Waals surface area contributed by atoms with Gasteiger partial charge in [-0.15, -0.1) is 11.3 Å². The summed E-state index contributed by atoms with van der Waals surface area (Å²) in [6.07, 6.45) is 0.501. The average molecular weight is 376 g/mol. The van der Waals surface area contributed by atoms with Crippen LogP contribution >= 0.6 is 11.3 Å². The fourth-order valence-corrected chi connectivity index (χ4v) is 4.03. The van der Waals surface area contributed by atoms with Crippen LogP contribution in [0.25, 0.3) is 10.2 Å². The number of halogens is 1. The molecule has 0 bridgehead atoms. The number of para-hydroxylation sites is 2. The Hall–Kier alpha value is -3.05. The molecule has 0 radical (unpaired) electrons. The SMILES string of the molecule is O=C(Nc1ccccc1F)[C@@H](Cc1ccccc1)c1nc2ccccc2s1. The van der Waals surface area contributed by atoms with E-state index >= 15 is 0 Å². The number of rotatable bonds is 5. The van der Waals surface area contributed by atoms with E-state index in [1.54, 1.807) is 18.2 Å². The van der Waals surface area contributed by atoms with Gasteiger partial charge in [-0.1, -0.05) is 54.6 Å². The van der Waals surface area contributed by atoms with Gasteiger partial charge in [-0.3, -0.25) is 4.79 Å². The minimum absolute atomic E-state index is 0.182. The quantitative estimate of drug-likeness (QED) is 0.507. The van der Waals surface area contributed by atoms with E-state index in [0.717, 1.165) is 20.8 Å². The van der Waals surface area contributed by atoms with Gasteiger partial charge in [0.05, 0.1) is 21.8 Å². The molecule has 1 amide bonds. The van der Waals surface area contributed by atoms with Crippen molar-refractivity contribution in [2.45, 2.75) is 12.3 Å². The van der Waals surface area contributed by atoms with Gasteiger partial charge in [0.2, 0.25) is 5.91 Å². The molecule has 0 fully saturated rings. The Labute approximate surface area is 160 Å². The standard InChI is InChI=1S/C22H17FN2OS/c23-17-10-4-5-11-18(17)24-21(26)16(14-15-8-2-1-3-9-15)22-25-19-12-6-7-13-20(19)27-22/h1-13,16H,14H2,(H,24,26)/t16-/m1/s1. The average Bonchev–Trinajstić information content (AvgIpc) is 3.12. The number of hydrogen-bond donors (Lipinski definition) is 1. The number of nitrogens with one attached hydrogen (secondary N) is 1. The zero-order valence-electron chi connectivity index (χ0n) is 14.4. The monoisotopic (exact) mass is 376 g/mol. The van der Waals surface area contributed by atoms with E-state index in [-0.39, 0.29) is 11.6 Å². The lowest BCUT2D eigenvalue weighted by atomic mass is 9.99. The number of carbonyl (C=O) groups excluding carboxylic acids is 1. The van der Waals surface area contributed by atoms with Gasteiger partial charge < -0.3 is 5.32 Å². The topological polar surface area (TPSA) is 42.0 Å². The molecule has 0 saturated heterocycles. The van der Waals surface area contributed by atoms with Crippen LogP contribution < -0.4 is 5.32 Å². The zero-order valence-corrected chi connectivity index (χ0v) is 15.2. The van der Waals surface area contributed by atoms with Gasteiger partial charge in [0.25, 0.3) is 0 Å². The Kier molecular flexibility index (Phi) is 4.94. The molecule has 0 aliphatic carbocycles. The summed E-state index contributed by atoms with van der Waals surface area (Å²) in [5.41, 5.74) is 2.08. The molecule has 0 saturated carbocycles. The number of anilines is 1. The molecular formula is C22H17FN2OS. The maximum Gasteiger partial charge on any atom is 0.234 e. The molecule has 27 heavy (non-hydrogen) atoms. The van der Waals surface area contributed by atoms with Crippen LogP contribution in [0.15, 0.2) is 78.9 Å². The Morgan fingerprint density at radius 2 is 1.67 bits per heavy atom. The first kappa shape index (κ1) is 17.4. The molecule has 1 heterocycles. The van der Waals surface area contributed by atoms with Gasteiger partial charge in [0.15, 0.2) is 0 Å². The molecule has 5 heteroatoms. The van der Waals surface area contributed by atoms with E-state index in [2.05, 4.69) is 10.3 Å². The predicted octanol–water partition coefficient (Wildman–Crippen LogP) is 5.40. The third kappa shape index (κ3) is 3.88. The molecule has 1 N–H and O–H groups in total. The van der Waals surface area contributed by atoms with Crippen LogP contribution in [0, 0.1) is 5.82 Å². The number of hydrogen-bond acceptors (Lipinski definition) is 3. The zero-order chi connectivity index (χ0) is 18.6. The van der Waals surface area contributed by atoms with Gasteiger partial charge >= 0.3 is 0 Å². The summed E-state index contributed by atoms with van der Waals surface area (Å²) in [7, 11) is 0. The molecule has 134 valence electrons. The number of benzene rings is 3. The van der Waals surface area contributed by atoms with Crippen LogP contribution in [0.2, 0.25) is 0 Å². The van der Waals surface area contributed by atoms with E-state index in [9.17, 15) is 9.18 Å². The first-order valence-electron chi connectivity index (χ1n) is 8.65. The Balaban J connectivity index is 1.68. The Bertz CT molecular complexity index is 1040. The minimum atomic E-state index is -0.496. The van der Waals surface area contributed by atoms with Gasteiger partial charge in [-0.25, -0.2) is 9.37 Å². The summed E-state index contributed by atoms with van der Waals surface area (Å²) in [6.45, 7) is 0. The highest BCUT2D eigenvalue weighted by atomic mass is 32.1. The second-order valence-electron chi connectivity index (χ2n) is 6.23. The molecule has 4 rings (SSSR count). The molecule has 0 aliphatic heterocycles. The van der Waals surface area contributed by atoms with Gasteiger partial charge in [0, 0.05) is 0 Å². The van der Waals surface area contributed by atoms with Crippen molar-refractivity contribution < 1.29 is 9.18 Å². The van der Waals surface area contributed by atoms with Crippen molar-refractivity contribution in [3.63, 3.8) is 0 Å². The molecule has 1 atom stereocenters. The number of carbonyl (C=O) groups is 1. The first-order valence-corrected chi connectivity index (χ1v) is 9.47. The van der Waals surface area contributed by atoms with E-state index in [0.29, 0.717) is 6.42 Å². The molecule has 0 aliphatic rings. The van der Waals surface area contributed by atoms with Crippen molar-refractivity contribution in [2.24, 2.45) is 0 Å². The largest absolute Gasteiger partial charge is 0.323 e. The second-order valence-corrected chi connectivity index (χ2v) is 7.29. The van der Waals surface area contributed by atoms with Crippen LogP contribution in [-0.4, -0.2) is 10.9 Å². The fraction of sp³-hybridized carbons (Fsp3) is 0.0909. The lowest BCUT2D eigenvalue weighted by Crippen LogP contribution is -2.23. The highest BCUT2D eigenvalue weighted by molar-refractivity contribution is 7.18. The van der Waals surface area contributed by atoms with Crippen LogP contribution in [0.1, 0.15) is 16.5 Å². The lowest BCUT2D eigenvalue weighted by molar-refractivity contribution is -0.117. The molecule has 3 nitrogen and oxygen atoms in total. The van der Waals surface area contributed by atoms with Gasteiger partial charge in [-0.2, -0.15) is 0 Å². The van der Waals surface area contributed by atoms with Crippen molar-refractivity contribution >= 4 is 33.1 Å². The summed E-state index contributed by atoms with van der Waals surface area (Å²) in [5.74, 6) is -1.21. The fourth-order valence-electron chi connectivity index (χ4n) is 2.96. The molecule has 3 aromatic carbocycles. The van der Waals surface area contributed by atoms with Crippen molar-refractivity contribution in [2.75, 3.05) is 5.32 Å². The van der Waals surface area contributed by atoms with Crippen LogP contribution in [0.3, 0.4) is 0 Å².